The van der Waals surface area contributed by atoms with Crippen LogP contribution in [0.15, 0.2) is 72.8 Å². The number of nitrogens with zero attached hydrogens (tertiary/aromatic N) is 4. The smallest absolute Gasteiger partial charge is 0.186 e. The first-order chi connectivity index (χ1) is 14.3. The SMILES string of the molecule is COc1cc(OC)cc(-c2nnc3c4ccccc4c(-c4ccccc4)nn23)c1. The molecule has 0 aliphatic heterocycles. The van der Waals surface area contributed by atoms with Crippen molar-refractivity contribution in [2.45, 2.75) is 0 Å². The second kappa shape index (κ2) is 6.91. The van der Waals surface area contributed by atoms with E-state index in [1.165, 1.54) is 0 Å². The third-order valence-electron chi connectivity index (χ3n) is 4.92. The number of methoxy groups -OCH3 is 2. The molecular weight excluding hydrogens is 364 g/mol. The van der Waals surface area contributed by atoms with E-state index in [0.717, 1.165) is 27.6 Å². The quantitative estimate of drug-likeness (QED) is 0.454. The first kappa shape index (κ1) is 17.2. The Balaban J connectivity index is 1.83. The molecule has 5 aromatic rings. The molecule has 0 aliphatic rings. The number of hydrogen-bond donors (Lipinski definition) is 0. The lowest BCUT2D eigenvalue weighted by molar-refractivity contribution is 0.394. The van der Waals surface area contributed by atoms with Crippen LogP contribution in [0.25, 0.3) is 39.1 Å². The molecule has 29 heavy (non-hydrogen) atoms. The highest BCUT2D eigenvalue weighted by Gasteiger charge is 2.17. The second-order valence-corrected chi connectivity index (χ2v) is 6.62. The number of ether oxygens (including phenoxy) is 2. The maximum atomic E-state index is 5.41. The highest BCUT2D eigenvalue weighted by Crippen LogP contribution is 2.32. The Kier molecular flexibility index (Phi) is 4.09. The first-order valence-corrected chi connectivity index (χ1v) is 9.21. The van der Waals surface area contributed by atoms with Crippen LogP contribution in [-0.2, 0) is 0 Å². The molecule has 0 aliphatic carbocycles. The fourth-order valence-corrected chi connectivity index (χ4v) is 3.51. The van der Waals surface area contributed by atoms with Crippen molar-refractivity contribution in [2.75, 3.05) is 14.2 Å². The molecule has 0 atom stereocenters. The van der Waals surface area contributed by atoms with Gasteiger partial charge in [-0.05, 0) is 12.1 Å². The van der Waals surface area contributed by atoms with Gasteiger partial charge in [0.1, 0.15) is 11.5 Å². The molecule has 5 rings (SSSR count). The van der Waals surface area contributed by atoms with Gasteiger partial charge in [0.25, 0.3) is 0 Å². The summed E-state index contributed by atoms with van der Waals surface area (Å²) in [5, 5.41) is 15.8. The molecule has 0 saturated carbocycles. The third-order valence-corrected chi connectivity index (χ3v) is 4.92. The summed E-state index contributed by atoms with van der Waals surface area (Å²) < 4.78 is 12.6. The summed E-state index contributed by atoms with van der Waals surface area (Å²) in [5.41, 5.74) is 3.44. The van der Waals surface area contributed by atoms with Gasteiger partial charge in [-0.1, -0.05) is 54.6 Å². The van der Waals surface area contributed by atoms with Gasteiger partial charge in [0.2, 0.25) is 0 Å². The van der Waals surface area contributed by atoms with Gasteiger partial charge in [0, 0.05) is 28.0 Å². The van der Waals surface area contributed by atoms with Crippen LogP contribution in [0.5, 0.6) is 11.5 Å². The van der Waals surface area contributed by atoms with Crippen molar-refractivity contribution in [3.8, 4) is 34.1 Å². The molecule has 0 spiro atoms. The van der Waals surface area contributed by atoms with Crippen LogP contribution in [0.4, 0.5) is 0 Å². The van der Waals surface area contributed by atoms with Gasteiger partial charge in [0.05, 0.1) is 19.9 Å². The van der Waals surface area contributed by atoms with Crippen LogP contribution in [0, 0.1) is 0 Å². The van der Waals surface area contributed by atoms with Crippen molar-refractivity contribution in [3.63, 3.8) is 0 Å². The van der Waals surface area contributed by atoms with Gasteiger partial charge in [0.15, 0.2) is 11.5 Å². The molecule has 0 unspecified atom stereocenters. The summed E-state index contributed by atoms with van der Waals surface area (Å²) in [7, 11) is 3.25. The van der Waals surface area contributed by atoms with Crippen molar-refractivity contribution in [1.29, 1.82) is 0 Å². The monoisotopic (exact) mass is 382 g/mol. The molecule has 2 heterocycles. The highest BCUT2D eigenvalue weighted by molar-refractivity contribution is 6.01. The van der Waals surface area contributed by atoms with E-state index >= 15 is 0 Å². The number of aromatic nitrogens is 4. The summed E-state index contributed by atoms with van der Waals surface area (Å²) in [4.78, 5) is 0. The second-order valence-electron chi connectivity index (χ2n) is 6.62. The predicted molar refractivity (Wildman–Crippen MR) is 112 cm³/mol. The van der Waals surface area contributed by atoms with Gasteiger partial charge >= 0.3 is 0 Å². The van der Waals surface area contributed by atoms with E-state index in [-0.39, 0.29) is 0 Å². The van der Waals surface area contributed by atoms with Crippen LogP contribution < -0.4 is 9.47 Å². The summed E-state index contributed by atoms with van der Waals surface area (Å²) in [6, 6.07) is 23.9. The maximum Gasteiger partial charge on any atom is 0.186 e. The van der Waals surface area contributed by atoms with E-state index < -0.39 is 0 Å². The minimum Gasteiger partial charge on any atom is -0.497 e. The van der Waals surface area contributed by atoms with Gasteiger partial charge in [-0.25, -0.2) is 0 Å². The Morgan fingerprint density at radius 2 is 1.34 bits per heavy atom. The molecule has 2 aromatic heterocycles. The van der Waals surface area contributed by atoms with Crippen LogP contribution in [0.1, 0.15) is 0 Å². The third kappa shape index (κ3) is 2.86. The Bertz CT molecular complexity index is 1310. The summed E-state index contributed by atoms with van der Waals surface area (Å²) in [6.45, 7) is 0. The van der Waals surface area contributed by atoms with Crippen molar-refractivity contribution < 1.29 is 9.47 Å². The van der Waals surface area contributed by atoms with Crippen LogP contribution >= 0.6 is 0 Å². The Hall–Kier alpha value is -3.93. The van der Waals surface area contributed by atoms with Crippen molar-refractivity contribution in [3.05, 3.63) is 72.8 Å². The molecule has 6 nitrogen and oxygen atoms in total. The summed E-state index contributed by atoms with van der Waals surface area (Å²) in [5.74, 6) is 1.99. The molecular formula is C23H18N4O2. The van der Waals surface area contributed by atoms with E-state index in [9.17, 15) is 0 Å². The van der Waals surface area contributed by atoms with Crippen LogP contribution in [0.2, 0.25) is 0 Å². The number of hydrogen-bond acceptors (Lipinski definition) is 5. The van der Waals surface area contributed by atoms with Crippen LogP contribution in [-0.4, -0.2) is 34.0 Å². The topological polar surface area (TPSA) is 61.5 Å². The zero-order valence-electron chi connectivity index (χ0n) is 16.0. The van der Waals surface area contributed by atoms with Gasteiger partial charge < -0.3 is 9.47 Å². The van der Waals surface area contributed by atoms with Gasteiger partial charge in [-0.15, -0.1) is 10.2 Å². The Morgan fingerprint density at radius 3 is 2.03 bits per heavy atom. The minimum atomic E-state index is 0.625. The predicted octanol–water partition coefficient (Wildman–Crippen LogP) is 4.63. The Labute approximate surface area is 167 Å². The molecule has 142 valence electrons. The van der Waals surface area contributed by atoms with E-state index in [1.807, 2.05) is 54.6 Å². The average Bonchev–Trinajstić information content (AvgIpc) is 3.23. The number of rotatable bonds is 4. The Morgan fingerprint density at radius 1 is 0.690 bits per heavy atom. The van der Waals surface area contributed by atoms with Crippen molar-refractivity contribution in [2.24, 2.45) is 0 Å². The molecule has 0 fully saturated rings. The molecule has 0 amide bonds. The van der Waals surface area contributed by atoms with E-state index in [0.29, 0.717) is 23.0 Å². The van der Waals surface area contributed by atoms with Gasteiger partial charge in [-0.3, -0.25) is 0 Å². The molecule has 6 heteroatoms. The zero-order valence-corrected chi connectivity index (χ0v) is 16.0. The lowest BCUT2D eigenvalue weighted by Gasteiger charge is -2.10. The fourth-order valence-electron chi connectivity index (χ4n) is 3.51. The molecule has 0 N–H and O–H groups in total. The number of benzene rings is 3. The highest BCUT2D eigenvalue weighted by atomic mass is 16.5. The zero-order chi connectivity index (χ0) is 19.8. The summed E-state index contributed by atoms with van der Waals surface area (Å²) in [6.07, 6.45) is 0. The summed E-state index contributed by atoms with van der Waals surface area (Å²) >= 11 is 0. The molecule has 0 saturated heterocycles. The van der Waals surface area contributed by atoms with Crippen molar-refractivity contribution in [1.82, 2.24) is 19.8 Å². The van der Waals surface area contributed by atoms with E-state index in [2.05, 4.69) is 28.4 Å². The van der Waals surface area contributed by atoms with Gasteiger partial charge in [-0.2, -0.15) is 9.61 Å². The van der Waals surface area contributed by atoms with E-state index in [1.54, 1.807) is 18.7 Å². The first-order valence-electron chi connectivity index (χ1n) is 9.21. The molecule has 3 aromatic carbocycles. The van der Waals surface area contributed by atoms with Crippen LogP contribution in [0.3, 0.4) is 0 Å². The maximum absolute atomic E-state index is 5.41. The molecule has 0 bridgehead atoms. The average molecular weight is 382 g/mol. The minimum absolute atomic E-state index is 0.625. The molecule has 0 radical (unpaired) electrons. The normalized spacial score (nSPS) is 11.1. The van der Waals surface area contributed by atoms with E-state index in [4.69, 9.17) is 14.6 Å². The standard InChI is InChI=1S/C23H18N4O2/c1-28-17-12-16(13-18(14-17)29-2)22-24-25-23-20-11-7-6-10-19(20)21(26-27(22)23)15-8-4-3-5-9-15/h3-14H,1-2H3. The largest absolute Gasteiger partial charge is 0.497 e. The lowest BCUT2D eigenvalue weighted by atomic mass is 10.1. The number of fused-ring (bicyclic) bond motifs is 3. The lowest BCUT2D eigenvalue weighted by Crippen LogP contribution is -2.00. The van der Waals surface area contributed by atoms with Crippen molar-refractivity contribution >= 4 is 16.4 Å². The fraction of sp³-hybridized carbons (Fsp3) is 0.0870.